The zero-order chi connectivity index (χ0) is 15.1. The average Bonchev–Trinajstić information content (AvgIpc) is 2.50. The fraction of sp³-hybridized carbons (Fsp3) is 0.588. The van der Waals surface area contributed by atoms with Gasteiger partial charge in [-0.15, -0.1) is 0 Å². The first-order chi connectivity index (χ1) is 10.2. The monoisotopic (exact) mass is 290 g/mol. The van der Waals surface area contributed by atoms with Crippen molar-refractivity contribution in [2.24, 2.45) is 0 Å². The summed E-state index contributed by atoms with van der Waals surface area (Å²) in [6, 6.07) is 8.24. The summed E-state index contributed by atoms with van der Waals surface area (Å²) in [4.78, 5) is 14.6. The van der Waals surface area contributed by atoms with E-state index in [9.17, 15) is 4.79 Å². The molecule has 0 unspecified atom stereocenters. The number of carbonyl (C=O) groups is 1. The zero-order valence-corrected chi connectivity index (χ0v) is 13.1. The van der Waals surface area contributed by atoms with Gasteiger partial charge in [-0.25, -0.2) is 0 Å². The fourth-order valence-corrected chi connectivity index (χ4v) is 2.87. The third kappa shape index (κ3) is 4.83. The summed E-state index contributed by atoms with van der Waals surface area (Å²) >= 11 is 0. The van der Waals surface area contributed by atoms with Crippen LogP contribution in [0.1, 0.15) is 42.1 Å². The van der Waals surface area contributed by atoms with E-state index >= 15 is 0 Å². The van der Waals surface area contributed by atoms with E-state index in [0.717, 1.165) is 18.7 Å². The van der Waals surface area contributed by atoms with Gasteiger partial charge in [0, 0.05) is 31.8 Å². The number of benzene rings is 1. The summed E-state index contributed by atoms with van der Waals surface area (Å²) < 4.78 is 5.10. The first-order valence-electron chi connectivity index (χ1n) is 7.81. The Morgan fingerprint density at radius 2 is 2.29 bits per heavy atom. The lowest BCUT2D eigenvalue weighted by atomic mass is 10.0. The summed E-state index contributed by atoms with van der Waals surface area (Å²) in [6.07, 6.45) is 3.88. The molecule has 0 aromatic heterocycles. The molecule has 1 saturated heterocycles. The molecule has 1 aromatic carbocycles. The number of carbonyl (C=O) groups excluding carboxylic acids is 1. The third-order valence-corrected chi connectivity index (χ3v) is 4.13. The lowest BCUT2D eigenvalue weighted by molar-refractivity contribution is 0.0938. The Hall–Kier alpha value is -1.39. The number of likely N-dealkylation sites (tertiary alicyclic amines) is 1. The molecule has 0 spiro atoms. The topological polar surface area (TPSA) is 41.6 Å². The molecule has 0 saturated carbocycles. The van der Waals surface area contributed by atoms with Gasteiger partial charge in [0.25, 0.3) is 5.91 Å². The van der Waals surface area contributed by atoms with Crippen LogP contribution in [-0.4, -0.2) is 43.6 Å². The number of rotatable bonds is 6. The second kappa shape index (κ2) is 8.15. The average molecular weight is 290 g/mol. The fourth-order valence-electron chi connectivity index (χ4n) is 2.87. The minimum absolute atomic E-state index is 0.00221. The Labute approximate surface area is 127 Å². The van der Waals surface area contributed by atoms with Gasteiger partial charge >= 0.3 is 0 Å². The summed E-state index contributed by atoms with van der Waals surface area (Å²) in [5.41, 5.74) is 1.73. The van der Waals surface area contributed by atoms with Crippen molar-refractivity contribution in [1.29, 1.82) is 0 Å². The number of nitrogens with zero attached hydrogens (tertiary/aromatic N) is 1. The van der Waals surface area contributed by atoms with Gasteiger partial charge in [-0.2, -0.15) is 0 Å². The number of nitrogens with one attached hydrogen (secondary N) is 1. The molecule has 4 heteroatoms. The van der Waals surface area contributed by atoms with Gasteiger partial charge in [-0.1, -0.05) is 18.6 Å². The number of hydrogen-bond acceptors (Lipinski definition) is 3. The van der Waals surface area contributed by atoms with E-state index in [1.54, 1.807) is 7.11 Å². The minimum atomic E-state index is -0.00221. The van der Waals surface area contributed by atoms with Crippen LogP contribution in [0.3, 0.4) is 0 Å². The van der Waals surface area contributed by atoms with Crippen LogP contribution in [0.15, 0.2) is 24.3 Å². The molecule has 1 amide bonds. The highest BCUT2D eigenvalue weighted by Crippen LogP contribution is 2.15. The molecule has 1 aliphatic heterocycles. The van der Waals surface area contributed by atoms with Crippen molar-refractivity contribution < 1.29 is 9.53 Å². The first kappa shape index (κ1) is 16.0. The predicted molar refractivity (Wildman–Crippen MR) is 84.4 cm³/mol. The number of piperidine rings is 1. The molecule has 0 aliphatic carbocycles. The van der Waals surface area contributed by atoms with Crippen LogP contribution >= 0.6 is 0 Å². The Balaban J connectivity index is 1.80. The Morgan fingerprint density at radius 1 is 1.43 bits per heavy atom. The zero-order valence-electron chi connectivity index (χ0n) is 13.1. The van der Waals surface area contributed by atoms with Crippen LogP contribution in [0.2, 0.25) is 0 Å². The third-order valence-electron chi connectivity index (χ3n) is 4.13. The minimum Gasteiger partial charge on any atom is -0.380 e. The normalized spacial score (nSPS) is 19.4. The van der Waals surface area contributed by atoms with Crippen molar-refractivity contribution >= 4 is 5.91 Å². The molecule has 21 heavy (non-hydrogen) atoms. The molecular weight excluding hydrogens is 264 g/mol. The van der Waals surface area contributed by atoms with E-state index in [4.69, 9.17) is 4.74 Å². The molecule has 1 fully saturated rings. The molecule has 4 nitrogen and oxygen atoms in total. The summed E-state index contributed by atoms with van der Waals surface area (Å²) in [5, 5.41) is 3.01. The van der Waals surface area contributed by atoms with Crippen molar-refractivity contribution in [1.82, 2.24) is 10.2 Å². The van der Waals surface area contributed by atoms with Gasteiger partial charge in [-0.3, -0.25) is 9.69 Å². The molecule has 1 aromatic rings. The van der Waals surface area contributed by atoms with Gasteiger partial charge < -0.3 is 10.1 Å². The molecular formula is C17H26N2O2. The maximum atomic E-state index is 12.2. The SMILES string of the molecule is COCc1cccc(C(=O)NCCN2CCCC[C@@H]2C)c1. The number of hydrogen-bond donors (Lipinski definition) is 1. The van der Waals surface area contributed by atoms with Crippen LogP contribution in [0.5, 0.6) is 0 Å². The number of ether oxygens (including phenoxy) is 1. The van der Waals surface area contributed by atoms with E-state index in [-0.39, 0.29) is 5.91 Å². The number of methoxy groups -OCH3 is 1. The van der Waals surface area contributed by atoms with E-state index in [2.05, 4.69) is 17.1 Å². The first-order valence-corrected chi connectivity index (χ1v) is 7.81. The highest BCUT2D eigenvalue weighted by atomic mass is 16.5. The lowest BCUT2D eigenvalue weighted by Crippen LogP contribution is -2.42. The van der Waals surface area contributed by atoms with E-state index < -0.39 is 0 Å². The maximum Gasteiger partial charge on any atom is 0.251 e. The van der Waals surface area contributed by atoms with Gasteiger partial charge in [0.05, 0.1) is 6.61 Å². The highest BCUT2D eigenvalue weighted by Gasteiger charge is 2.17. The molecule has 1 heterocycles. The Kier molecular flexibility index (Phi) is 6.21. The molecule has 2 rings (SSSR count). The van der Waals surface area contributed by atoms with Gasteiger partial charge in [0.1, 0.15) is 0 Å². The van der Waals surface area contributed by atoms with Crippen LogP contribution in [0.25, 0.3) is 0 Å². The van der Waals surface area contributed by atoms with E-state index in [0.29, 0.717) is 24.8 Å². The largest absolute Gasteiger partial charge is 0.380 e. The predicted octanol–water partition coefficient (Wildman–Crippen LogP) is 2.44. The molecule has 1 atom stereocenters. The van der Waals surface area contributed by atoms with Crippen molar-refractivity contribution in [3.8, 4) is 0 Å². The molecule has 0 radical (unpaired) electrons. The highest BCUT2D eigenvalue weighted by molar-refractivity contribution is 5.94. The Bertz CT molecular complexity index is 462. The van der Waals surface area contributed by atoms with Crippen molar-refractivity contribution in [3.05, 3.63) is 35.4 Å². The van der Waals surface area contributed by atoms with Crippen LogP contribution in [-0.2, 0) is 11.3 Å². The van der Waals surface area contributed by atoms with Crippen LogP contribution in [0.4, 0.5) is 0 Å². The lowest BCUT2D eigenvalue weighted by Gasteiger charge is -2.33. The Morgan fingerprint density at radius 3 is 3.05 bits per heavy atom. The maximum absolute atomic E-state index is 12.2. The van der Waals surface area contributed by atoms with Gasteiger partial charge in [0.15, 0.2) is 0 Å². The molecule has 1 N–H and O–H groups in total. The molecule has 1 aliphatic rings. The van der Waals surface area contributed by atoms with Gasteiger partial charge in [0.2, 0.25) is 0 Å². The molecule has 116 valence electrons. The number of amides is 1. The smallest absolute Gasteiger partial charge is 0.251 e. The van der Waals surface area contributed by atoms with Crippen molar-refractivity contribution in [2.75, 3.05) is 26.7 Å². The van der Waals surface area contributed by atoms with Gasteiger partial charge in [-0.05, 0) is 44.0 Å². The summed E-state index contributed by atoms with van der Waals surface area (Å²) in [5.74, 6) is -0.00221. The van der Waals surface area contributed by atoms with E-state index in [1.165, 1.54) is 19.3 Å². The van der Waals surface area contributed by atoms with E-state index in [1.807, 2.05) is 24.3 Å². The quantitative estimate of drug-likeness (QED) is 0.875. The van der Waals surface area contributed by atoms with Crippen LogP contribution < -0.4 is 5.32 Å². The second-order valence-electron chi connectivity index (χ2n) is 5.77. The summed E-state index contributed by atoms with van der Waals surface area (Å²) in [6.45, 7) is 5.60. The molecule has 0 bridgehead atoms. The standard InChI is InChI=1S/C17H26N2O2/c1-14-6-3-4-10-19(14)11-9-18-17(20)16-8-5-7-15(12-16)13-21-2/h5,7-8,12,14H,3-4,6,9-11,13H2,1-2H3,(H,18,20)/t14-/m0/s1. The van der Waals surface area contributed by atoms with Crippen molar-refractivity contribution in [3.63, 3.8) is 0 Å². The van der Waals surface area contributed by atoms with Crippen molar-refractivity contribution in [2.45, 2.75) is 38.8 Å². The van der Waals surface area contributed by atoms with Crippen LogP contribution in [0, 0.1) is 0 Å². The summed E-state index contributed by atoms with van der Waals surface area (Å²) in [7, 11) is 1.66. The second-order valence-corrected chi connectivity index (χ2v) is 5.77.